The number of rotatable bonds is 5. The maximum absolute atomic E-state index is 15.0. The van der Waals surface area contributed by atoms with Gasteiger partial charge >= 0.3 is 0 Å². The van der Waals surface area contributed by atoms with Crippen molar-refractivity contribution in [3.8, 4) is 22.3 Å². The monoisotopic (exact) mass is 580 g/mol. The zero-order valence-electron chi connectivity index (χ0n) is 24.1. The van der Waals surface area contributed by atoms with Crippen LogP contribution in [-0.4, -0.2) is 0 Å². The molecule has 2 heteroatoms. The van der Waals surface area contributed by atoms with Gasteiger partial charge in [-0.15, -0.1) is 0 Å². The lowest BCUT2D eigenvalue weighted by molar-refractivity contribution is 0.592. The highest BCUT2D eigenvalue weighted by Crippen LogP contribution is 2.43. The molecule has 8 aromatic rings. The summed E-state index contributed by atoms with van der Waals surface area (Å²) in [6.45, 7) is 0. The van der Waals surface area contributed by atoms with Gasteiger partial charge in [0.2, 0.25) is 0 Å². The molecule has 8 rings (SSSR count). The second-order valence-corrected chi connectivity index (χ2v) is 14.0. The molecule has 0 radical (unpaired) electrons. The fraction of sp³-hybridized carbons (Fsp3) is 0. The largest absolute Gasteiger partial charge is 0.309 e. The zero-order valence-corrected chi connectivity index (χ0v) is 25.0. The smallest absolute Gasteiger partial charge is 0.171 e. The van der Waals surface area contributed by atoms with E-state index in [4.69, 9.17) is 0 Å². The van der Waals surface area contributed by atoms with Crippen molar-refractivity contribution in [1.82, 2.24) is 0 Å². The van der Waals surface area contributed by atoms with E-state index in [9.17, 15) is 0 Å². The predicted octanol–water partition coefficient (Wildman–Crippen LogP) is 10.1. The Morgan fingerprint density at radius 2 is 0.659 bits per heavy atom. The second kappa shape index (κ2) is 10.8. The molecule has 44 heavy (non-hydrogen) atoms. The molecular formula is C42H29OP. The van der Waals surface area contributed by atoms with E-state index in [-0.39, 0.29) is 0 Å². The van der Waals surface area contributed by atoms with Gasteiger partial charge in [-0.1, -0.05) is 158 Å². The Hall–Kier alpha value is -5.23. The Bertz CT molecular complexity index is 2280. The highest BCUT2D eigenvalue weighted by Gasteiger charge is 2.29. The average Bonchev–Trinajstić information content (AvgIpc) is 3.12. The minimum absolute atomic E-state index is 0.835. The first-order valence-electron chi connectivity index (χ1n) is 15.0. The Morgan fingerprint density at radius 1 is 0.273 bits per heavy atom. The lowest BCUT2D eigenvalue weighted by Gasteiger charge is -2.20. The summed E-state index contributed by atoms with van der Waals surface area (Å²) in [6.07, 6.45) is 0. The van der Waals surface area contributed by atoms with E-state index in [1.54, 1.807) is 0 Å². The van der Waals surface area contributed by atoms with Gasteiger partial charge in [-0.25, -0.2) is 0 Å². The Labute approximate surface area is 257 Å². The summed E-state index contributed by atoms with van der Waals surface area (Å²) in [6, 6.07) is 60.9. The SMILES string of the molecule is O=P(c1ccccc1)(c1ccccc1)c1cccc(-c2cccc(-c3ccc4c5ccccc5c5ccccc5c4c3)c2)c1. The molecule has 208 valence electrons. The molecule has 0 aromatic heterocycles. The zero-order chi connectivity index (χ0) is 29.5. The lowest BCUT2D eigenvalue weighted by Crippen LogP contribution is -2.25. The third kappa shape index (κ3) is 4.37. The Balaban J connectivity index is 1.26. The highest BCUT2D eigenvalue weighted by atomic mass is 31.2. The van der Waals surface area contributed by atoms with Crippen molar-refractivity contribution in [2.45, 2.75) is 0 Å². The van der Waals surface area contributed by atoms with E-state index in [1.807, 2.05) is 72.8 Å². The second-order valence-electron chi connectivity index (χ2n) is 11.3. The molecule has 8 aromatic carbocycles. The van der Waals surface area contributed by atoms with Crippen LogP contribution in [0.5, 0.6) is 0 Å². The van der Waals surface area contributed by atoms with Gasteiger partial charge in [0.15, 0.2) is 7.14 Å². The first kappa shape index (κ1) is 26.4. The maximum Gasteiger partial charge on any atom is 0.171 e. The molecule has 0 amide bonds. The first-order valence-corrected chi connectivity index (χ1v) is 16.7. The van der Waals surface area contributed by atoms with Gasteiger partial charge < -0.3 is 4.57 Å². The molecule has 1 nitrogen and oxygen atoms in total. The van der Waals surface area contributed by atoms with Crippen molar-refractivity contribution < 1.29 is 4.57 Å². The van der Waals surface area contributed by atoms with E-state index in [2.05, 4.69) is 103 Å². The summed E-state index contributed by atoms with van der Waals surface area (Å²) < 4.78 is 15.0. The Kier molecular flexibility index (Phi) is 6.48. The van der Waals surface area contributed by atoms with E-state index in [1.165, 1.54) is 37.9 Å². The summed E-state index contributed by atoms with van der Waals surface area (Å²) >= 11 is 0. The molecule has 0 aliphatic rings. The van der Waals surface area contributed by atoms with Crippen LogP contribution in [0.1, 0.15) is 0 Å². The number of hydrogen-bond acceptors (Lipinski definition) is 1. The fourth-order valence-electron chi connectivity index (χ4n) is 6.57. The minimum Gasteiger partial charge on any atom is -0.309 e. The van der Waals surface area contributed by atoms with Crippen LogP contribution in [0.15, 0.2) is 176 Å². The van der Waals surface area contributed by atoms with E-state index in [0.29, 0.717) is 0 Å². The topological polar surface area (TPSA) is 17.1 Å². The lowest BCUT2D eigenvalue weighted by atomic mass is 9.91. The van der Waals surface area contributed by atoms with Crippen LogP contribution in [0.2, 0.25) is 0 Å². The molecule has 0 bridgehead atoms. The molecule has 0 spiro atoms. The average molecular weight is 581 g/mol. The minimum atomic E-state index is -3.06. The summed E-state index contributed by atoms with van der Waals surface area (Å²) in [5.41, 5.74) is 4.48. The molecule has 0 N–H and O–H groups in total. The van der Waals surface area contributed by atoms with Crippen molar-refractivity contribution in [3.05, 3.63) is 176 Å². The predicted molar refractivity (Wildman–Crippen MR) is 189 cm³/mol. The first-order chi connectivity index (χ1) is 21.7. The van der Waals surface area contributed by atoms with E-state index < -0.39 is 7.14 Å². The van der Waals surface area contributed by atoms with Gasteiger partial charge in [-0.3, -0.25) is 0 Å². The van der Waals surface area contributed by atoms with Gasteiger partial charge in [0.1, 0.15) is 0 Å². The van der Waals surface area contributed by atoms with E-state index in [0.717, 1.165) is 32.6 Å². The number of benzene rings is 8. The molecule has 0 heterocycles. The molecule has 0 unspecified atom stereocenters. The van der Waals surface area contributed by atoms with Gasteiger partial charge in [-0.05, 0) is 72.8 Å². The van der Waals surface area contributed by atoms with Crippen LogP contribution in [-0.2, 0) is 4.57 Å². The van der Waals surface area contributed by atoms with Crippen LogP contribution in [0, 0.1) is 0 Å². The summed E-state index contributed by atoms with van der Waals surface area (Å²) in [4.78, 5) is 0. The summed E-state index contributed by atoms with van der Waals surface area (Å²) in [5, 5.41) is 10.2. The molecule has 0 aliphatic carbocycles. The molecular weight excluding hydrogens is 551 g/mol. The molecule has 0 fully saturated rings. The quantitative estimate of drug-likeness (QED) is 0.146. The highest BCUT2D eigenvalue weighted by molar-refractivity contribution is 7.85. The molecule has 0 aliphatic heterocycles. The Morgan fingerprint density at radius 3 is 1.20 bits per heavy atom. The molecule has 0 saturated heterocycles. The summed E-state index contributed by atoms with van der Waals surface area (Å²) in [5.74, 6) is 0. The van der Waals surface area contributed by atoms with Crippen LogP contribution in [0.4, 0.5) is 0 Å². The standard InChI is InChI=1S/C42H29OP/c43-44(34-16-3-1-4-17-34,35-18-5-2-6-19-35)36-20-12-15-32(28-36)30-13-11-14-31(27-30)33-25-26-41-39-23-8-7-21-37(39)38-22-9-10-24-40(38)42(41)29-33/h1-29H. The molecule has 0 atom stereocenters. The number of hydrogen-bond donors (Lipinski definition) is 0. The maximum atomic E-state index is 15.0. The normalized spacial score (nSPS) is 11.7. The van der Waals surface area contributed by atoms with Crippen molar-refractivity contribution in [1.29, 1.82) is 0 Å². The van der Waals surface area contributed by atoms with Crippen molar-refractivity contribution in [3.63, 3.8) is 0 Å². The summed E-state index contributed by atoms with van der Waals surface area (Å²) in [7, 11) is -3.06. The fourth-order valence-corrected chi connectivity index (χ4v) is 9.27. The number of fused-ring (bicyclic) bond motifs is 6. The van der Waals surface area contributed by atoms with E-state index >= 15 is 4.57 Å². The van der Waals surface area contributed by atoms with Gasteiger partial charge in [-0.2, -0.15) is 0 Å². The van der Waals surface area contributed by atoms with Gasteiger partial charge in [0.25, 0.3) is 0 Å². The van der Waals surface area contributed by atoms with Crippen LogP contribution >= 0.6 is 7.14 Å². The van der Waals surface area contributed by atoms with Gasteiger partial charge in [0.05, 0.1) is 0 Å². The van der Waals surface area contributed by atoms with Crippen LogP contribution in [0.25, 0.3) is 54.6 Å². The van der Waals surface area contributed by atoms with Crippen LogP contribution < -0.4 is 15.9 Å². The van der Waals surface area contributed by atoms with Crippen molar-refractivity contribution >= 4 is 55.4 Å². The van der Waals surface area contributed by atoms with Crippen molar-refractivity contribution in [2.75, 3.05) is 0 Å². The third-order valence-electron chi connectivity index (χ3n) is 8.72. The van der Waals surface area contributed by atoms with Crippen molar-refractivity contribution in [2.24, 2.45) is 0 Å². The third-order valence-corrected chi connectivity index (χ3v) is 11.8. The van der Waals surface area contributed by atoms with Crippen LogP contribution in [0.3, 0.4) is 0 Å². The van der Waals surface area contributed by atoms with Gasteiger partial charge in [0, 0.05) is 15.9 Å². The molecule has 0 saturated carbocycles.